The van der Waals surface area contributed by atoms with Gasteiger partial charge in [-0.25, -0.2) is 0 Å². The molecule has 1 aliphatic heterocycles. The second kappa shape index (κ2) is 2.19. The molecule has 0 unspecified atom stereocenters. The van der Waals surface area contributed by atoms with E-state index in [2.05, 4.69) is 11.9 Å². The van der Waals surface area contributed by atoms with E-state index in [0.717, 1.165) is 5.57 Å². The van der Waals surface area contributed by atoms with Gasteiger partial charge in [0.1, 0.15) is 6.07 Å². The van der Waals surface area contributed by atoms with E-state index in [-0.39, 0.29) is 0 Å². The largest absolute Gasteiger partial charge is 0.366 e. The fraction of sp³-hybridized carbons (Fsp3) is 0. The molecule has 0 radical (unpaired) electrons. The molecule has 1 aliphatic rings. The summed E-state index contributed by atoms with van der Waals surface area (Å²) in [7, 11) is 0. The van der Waals surface area contributed by atoms with Gasteiger partial charge in [0.25, 0.3) is 0 Å². The van der Waals surface area contributed by atoms with Gasteiger partial charge in [0.2, 0.25) is 0 Å². The first-order valence-corrected chi connectivity index (χ1v) is 2.57. The van der Waals surface area contributed by atoms with E-state index in [1.165, 1.54) is 0 Å². The molecule has 0 aromatic heterocycles. The van der Waals surface area contributed by atoms with Gasteiger partial charge >= 0.3 is 0 Å². The van der Waals surface area contributed by atoms with E-state index in [1.54, 1.807) is 18.5 Å². The number of hydrogen-bond acceptors (Lipinski definition) is 2. The highest BCUT2D eigenvalue weighted by Gasteiger charge is 1.99. The van der Waals surface area contributed by atoms with Gasteiger partial charge in [-0.3, -0.25) is 0 Å². The highest BCUT2D eigenvalue weighted by molar-refractivity contribution is 5.48. The van der Waals surface area contributed by atoms with E-state index >= 15 is 0 Å². The summed E-state index contributed by atoms with van der Waals surface area (Å²) < 4.78 is 0. The SMILES string of the molecule is C=C1C=CNC=C1C#N. The zero-order valence-electron chi connectivity index (χ0n) is 4.89. The molecular formula is C7H6N2. The molecule has 0 saturated carbocycles. The van der Waals surface area contributed by atoms with Crippen LogP contribution in [0.1, 0.15) is 0 Å². The van der Waals surface area contributed by atoms with Crippen molar-refractivity contribution in [2.75, 3.05) is 0 Å². The summed E-state index contributed by atoms with van der Waals surface area (Å²) in [5.74, 6) is 0. The maximum absolute atomic E-state index is 8.41. The van der Waals surface area contributed by atoms with Gasteiger partial charge in [0, 0.05) is 12.4 Å². The van der Waals surface area contributed by atoms with E-state index < -0.39 is 0 Å². The molecule has 0 aromatic rings. The maximum atomic E-state index is 8.41. The first kappa shape index (κ1) is 5.64. The molecule has 0 atom stereocenters. The van der Waals surface area contributed by atoms with Crippen LogP contribution < -0.4 is 5.32 Å². The van der Waals surface area contributed by atoms with Crippen LogP contribution in [0.4, 0.5) is 0 Å². The first-order chi connectivity index (χ1) is 4.34. The summed E-state index contributed by atoms with van der Waals surface area (Å²) in [6.07, 6.45) is 5.13. The molecule has 0 saturated heterocycles. The molecule has 2 heteroatoms. The summed E-state index contributed by atoms with van der Waals surface area (Å²) in [5.41, 5.74) is 1.36. The Morgan fingerprint density at radius 3 is 2.89 bits per heavy atom. The molecule has 0 bridgehead atoms. The van der Waals surface area contributed by atoms with Crippen LogP contribution in [0.25, 0.3) is 0 Å². The quantitative estimate of drug-likeness (QED) is 0.516. The van der Waals surface area contributed by atoms with Crippen molar-refractivity contribution in [3.05, 3.63) is 36.2 Å². The monoisotopic (exact) mass is 118 g/mol. The number of dihydropyridines is 1. The summed E-state index contributed by atoms with van der Waals surface area (Å²) in [4.78, 5) is 0. The average Bonchev–Trinajstić information content (AvgIpc) is 1.89. The highest BCUT2D eigenvalue weighted by atomic mass is 14.8. The minimum absolute atomic E-state index is 0.595. The Labute approximate surface area is 53.8 Å². The summed E-state index contributed by atoms with van der Waals surface area (Å²) >= 11 is 0. The van der Waals surface area contributed by atoms with E-state index in [0.29, 0.717) is 5.57 Å². The van der Waals surface area contributed by atoms with Crippen molar-refractivity contribution in [2.45, 2.75) is 0 Å². The van der Waals surface area contributed by atoms with Gasteiger partial charge in [0.05, 0.1) is 5.57 Å². The molecule has 0 fully saturated rings. The van der Waals surface area contributed by atoms with Crippen LogP contribution in [0, 0.1) is 11.3 Å². The van der Waals surface area contributed by atoms with Crippen molar-refractivity contribution in [1.82, 2.24) is 5.32 Å². The third-order valence-electron chi connectivity index (χ3n) is 1.07. The van der Waals surface area contributed by atoms with Crippen LogP contribution in [-0.4, -0.2) is 0 Å². The molecule has 1 rings (SSSR count). The number of nitrogens with one attached hydrogen (secondary N) is 1. The molecule has 0 amide bonds. The number of rotatable bonds is 0. The van der Waals surface area contributed by atoms with Crippen LogP contribution in [0.3, 0.4) is 0 Å². The Morgan fingerprint density at radius 2 is 2.44 bits per heavy atom. The Kier molecular flexibility index (Phi) is 1.37. The van der Waals surface area contributed by atoms with Crippen molar-refractivity contribution in [3.63, 3.8) is 0 Å². The third-order valence-corrected chi connectivity index (χ3v) is 1.07. The maximum Gasteiger partial charge on any atom is 0.101 e. The Hall–Kier alpha value is -1.49. The first-order valence-electron chi connectivity index (χ1n) is 2.57. The topological polar surface area (TPSA) is 35.8 Å². The standard InChI is InChI=1S/C7H6N2/c1-6-2-3-9-5-7(6)4-8/h2-3,5,9H,1H2. The molecule has 9 heavy (non-hydrogen) atoms. The smallest absolute Gasteiger partial charge is 0.101 e. The second-order valence-corrected chi connectivity index (χ2v) is 1.70. The zero-order valence-corrected chi connectivity index (χ0v) is 4.89. The number of nitriles is 1. The van der Waals surface area contributed by atoms with Crippen molar-refractivity contribution >= 4 is 0 Å². The van der Waals surface area contributed by atoms with Gasteiger partial charge in [-0.2, -0.15) is 5.26 Å². The Balaban J connectivity index is 2.86. The summed E-state index contributed by atoms with van der Waals surface area (Å²) in [5, 5.41) is 11.2. The van der Waals surface area contributed by atoms with Crippen LogP contribution >= 0.6 is 0 Å². The van der Waals surface area contributed by atoms with Crippen molar-refractivity contribution in [1.29, 1.82) is 5.26 Å². The molecule has 1 N–H and O–H groups in total. The lowest BCUT2D eigenvalue weighted by molar-refractivity contribution is 1.15. The summed E-state index contributed by atoms with van der Waals surface area (Å²) in [6.45, 7) is 3.65. The fourth-order valence-electron chi connectivity index (χ4n) is 0.567. The highest BCUT2D eigenvalue weighted by Crippen LogP contribution is 2.08. The van der Waals surface area contributed by atoms with Crippen LogP contribution in [0.5, 0.6) is 0 Å². The lowest BCUT2D eigenvalue weighted by atomic mass is 10.1. The van der Waals surface area contributed by atoms with Gasteiger partial charge in [-0.05, 0) is 11.6 Å². The Bertz CT molecular complexity index is 228. The predicted molar refractivity (Wildman–Crippen MR) is 35.1 cm³/mol. The molecule has 1 heterocycles. The number of hydrogen-bond donors (Lipinski definition) is 1. The van der Waals surface area contributed by atoms with E-state index in [4.69, 9.17) is 5.26 Å². The third kappa shape index (κ3) is 1.000. The predicted octanol–water partition coefficient (Wildman–Crippen LogP) is 1.07. The minimum Gasteiger partial charge on any atom is -0.366 e. The molecule has 0 aromatic carbocycles. The minimum atomic E-state index is 0.595. The van der Waals surface area contributed by atoms with Gasteiger partial charge in [0.15, 0.2) is 0 Å². The lowest BCUT2D eigenvalue weighted by Crippen LogP contribution is -2.00. The molecule has 2 nitrogen and oxygen atoms in total. The molecule has 44 valence electrons. The molecule has 0 spiro atoms. The fourth-order valence-corrected chi connectivity index (χ4v) is 0.567. The van der Waals surface area contributed by atoms with Crippen LogP contribution in [0.2, 0.25) is 0 Å². The second-order valence-electron chi connectivity index (χ2n) is 1.70. The van der Waals surface area contributed by atoms with E-state index in [9.17, 15) is 0 Å². The van der Waals surface area contributed by atoms with Gasteiger partial charge in [-0.1, -0.05) is 6.58 Å². The van der Waals surface area contributed by atoms with Crippen LogP contribution in [-0.2, 0) is 0 Å². The van der Waals surface area contributed by atoms with Crippen molar-refractivity contribution in [3.8, 4) is 6.07 Å². The van der Waals surface area contributed by atoms with Crippen molar-refractivity contribution in [2.24, 2.45) is 0 Å². The van der Waals surface area contributed by atoms with Crippen LogP contribution in [0.15, 0.2) is 36.2 Å². The normalized spacial score (nSPS) is 15.9. The average molecular weight is 118 g/mol. The number of nitrogens with zero attached hydrogens (tertiary/aromatic N) is 1. The zero-order chi connectivity index (χ0) is 6.69. The lowest BCUT2D eigenvalue weighted by Gasteiger charge is -2.02. The Morgan fingerprint density at radius 1 is 1.67 bits per heavy atom. The molecular weight excluding hydrogens is 112 g/mol. The van der Waals surface area contributed by atoms with Gasteiger partial charge in [-0.15, -0.1) is 0 Å². The number of allylic oxidation sites excluding steroid dienone is 3. The van der Waals surface area contributed by atoms with Gasteiger partial charge < -0.3 is 5.32 Å². The van der Waals surface area contributed by atoms with Crippen molar-refractivity contribution < 1.29 is 0 Å². The summed E-state index contributed by atoms with van der Waals surface area (Å²) in [6, 6.07) is 2.00. The van der Waals surface area contributed by atoms with E-state index in [1.807, 2.05) is 6.07 Å². The molecule has 0 aliphatic carbocycles.